The molecule has 0 spiro atoms. The zero-order valence-electron chi connectivity index (χ0n) is 19.8. The molecule has 0 amide bonds. The van der Waals surface area contributed by atoms with E-state index < -0.39 is 23.2 Å². The van der Waals surface area contributed by atoms with Crippen LogP contribution in [0.2, 0.25) is 0 Å². The van der Waals surface area contributed by atoms with Crippen LogP contribution in [0.5, 0.6) is 0 Å². The van der Waals surface area contributed by atoms with E-state index >= 15 is 0 Å². The minimum atomic E-state index is -1.21. The molecule has 1 aliphatic heterocycles. The molecule has 3 aliphatic rings. The molecule has 1 saturated heterocycles. The molecule has 0 aromatic carbocycles. The SMILES string of the molecule is CCC(C)(C)C(=O)O[C@H]1C[C@@](C)(O)C=C2C(O)=CC(C)[C@H](CCC3C[C@@H](O)CC(=O)O3)[C@H]21. The van der Waals surface area contributed by atoms with E-state index in [2.05, 4.69) is 0 Å². The van der Waals surface area contributed by atoms with Crippen molar-refractivity contribution in [3.05, 3.63) is 23.5 Å². The lowest BCUT2D eigenvalue weighted by atomic mass is 9.64. The van der Waals surface area contributed by atoms with Gasteiger partial charge in [-0.1, -0.05) is 13.8 Å². The summed E-state index contributed by atoms with van der Waals surface area (Å²) < 4.78 is 11.4. The van der Waals surface area contributed by atoms with Gasteiger partial charge in [-0.15, -0.1) is 0 Å². The summed E-state index contributed by atoms with van der Waals surface area (Å²) in [7, 11) is 0. The first-order valence-corrected chi connectivity index (χ1v) is 11.8. The fourth-order valence-electron chi connectivity index (χ4n) is 5.19. The van der Waals surface area contributed by atoms with Crippen LogP contribution in [0, 0.1) is 23.2 Å². The van der Waals surface area contributed by atoms with E-state index in [0.717, 1.165) is 0 Å². The molecular weight excluding hydrogens is 412 g/mol. The zero-order chi connectivity index (χ0) is 23.8. The summed E-state index contributed by atoms with van der Waals surface area (Å²) in [6, 6.07) is 0. The second-order valence-electron chi connectivity index (χ2n) is 10.7. The van der Waals surface area contributed by atoms with Crippen molar-refractivity contribution in [1.82, 2.24) is 0 Å². The molecule has 7 heteroatoms. The lowest BCUT2D eigenvalue weighted by Crippen LogP contribution is -2.48. The number of carbonyl (C=O) groups is 2. The molecule has 2 aliphatic carbocycles. The molecule has 0 aromatic rings. The van der Waals surface area contributed by atoms with Crippen LogP contribution in [0.15, 0.2) is 23.5 Å². The Bertz CT molecular complexity index is 794. The number of carbonyl (C=O) groups excluding carboxylic acids is 2. The predicted octanol–water partition coefficient (Wildman–Crippen LogP) is 3.59. The van der Waals surface area contributed by atoms with Gasteiger partial charge in [-0.2, -0.15) is 0 Å². The van der Waals surface area contributed by atoms with E-state index in [-0.39, 0.29) is 54.4 Å². The number of ether oxygens (including phenoxy) is 2. The number of aliphatic hydroxyl groups is 3. The molecular formula is C25H38O7. The summed E-state index contributed by atoms with van der Waals surface area (Å²) in [4.78, 5) is 24.6. The van der Waals surface area contributed by atoms with Crippen LogP contribution in [0.25, 0.3) is 0 Å². The lowest BCUT2D eigenvalue weighted by Gasteiger charge is -2.46. The van der Waals surface area contributed by atoms with Crippen molar-refractivity contribution in [3.8, 4) is 0 Å². The molecule has 3 rings (SSSR count). The van der Waals surface area contributed by atoms with Gasteiger partial charge < -0.3 is 24.8 Å². The largest absolute Gasteiger partial charge is 0.508 e. The van der Waals surface area contributed by atoms with Crippen LogP contribution in [0.1, 0.15) is 73.1 Å². The predicted molar refractivity (Wildman–Crippen MR) is 118 cm³/mol. The van der Waals surface area contributed by atoms with Crippen molar-refractivity contribution in [2.24, 2.45) is 23.2 Å². The van der Waals surface area contributed by atoms with Crippen molar-refractivity contribution in [3.63, 3.8) is 0 Å². The minimum absolute atomic E-state index is 0.00445. The Labute approximate surface area is 190 Å². The molecule has 32 heavy (non-hydrogen) atoms. The molecule has 1 heterocycles. The fourth-order valence-corrected chi connectivity index (χ4v) is 5.19. The van der Waals surface area contributed by atoms with Gasteiger partial charge in [-0.25, -0.2) is 0 Å². The van der Waals surface area contributed by atoms with Crippen molar-refractivity contribution in [2.75, 3.05) is 0 Å². The number of hydrogen-bond donors (Lipinski definition) is 3. The van der Waals surface area contributed by atoms with Crippen LogP contribution in [-0.4, -0.2) is 51.2 Å². The van der Waals surface area contributed by atoms with Gasteiger partial charge in [0, 0.05) is 18.8 Å². The third-order valence-electron chi connectivity index (χ3n) is 7.45. The van der Waals surface area contributed by atoms with Gasteiger partial charge in [0.15, 0.2) is 0 Å². The number of esters is 2. The summed E-state index contributed by atoms with van der Waals surface area (Å²) in [5.41, 5.74) is -1.24. The molecule has 0 bridgehead atoms. The molecule has 0 aromatic heterocycles. The van der Waals surface area contributed by atoms with Gasteiger partial charge in [-0.3, -0.25) is 9.59 Å². The van der Waals surface area contributed by atoms with Crippen LogP contribution in [0.3, 0.4) is 0 Å². The van der Waals surface area contributed by atoms with Gasteiger partial charge in [-0.05, 0) is 69.6 Å². The minimum Gasteiger partial charge on any atom is -0.508 e. The highest BCUT2D eigenvalue weighted by Gasteiger charge is 2.48. The summed E-state index contributed by atoms with van der Waals surface area (Å²) in [5.74, 6) is -0.818. The maximum Gasteiger partial charge on any atom is 0.311 e. The first-order valence-electron chi connectivity index (χ1n) is 11.8. The number of cyclic esters (lactones) is 1. The summed E-state index contributed by atoms with van der Waals surface area (Å²) in [6.45, 7) is 9.29. The van der Waals surface area contributed by atoms with E-state index in [1.165, 1.54) is 0 Å². The Balaban J connectivity index is 1.86. The maximum absolute atomic E-state index is 12.9. The van der Waals surface area contributed by atoms with Crippen LogP contribution in [-0.2, 0) is 19.1 Å². The van der Waals surface area contributed by atoms with Gasteiger partial charge in [0.2, 0.25) is 0 Å². The van der Waals surface area contributed by atoms with Crippen LogP contribution >= 0.6 is 0 Å². The Kier molecular flexibility index (Phi) is 7.11. The van der Waals surface area contributed by atoms with Crippen LogP contribution in [0.4, 0.5) is 0 Å². The fraction of sp³-hybridized carbons (Fsp3) is 0.760. The summed E-state index contributed by atoms with van der Waals surface area (Å²) >= 11 is 0. The highest BCUT2D eigenvalue weighted by atomic mass is 16.6. The molecule has 0 radical (unpaired) electrons. The van der Waals surface area contributed by atoms with E-state index in [1.54, 1.807) is 19.1 Å². The standard InChI is InChI=1S/C25H38O7/c1-6-24(3,4)23(29)32-20-13-25(5,30)12-18-19(27)9-14(2)17(22(18)20)8-7-16-10-15(26)11-21(28)31-16/h9,12,14-17,20,22,26-27,30H,6-8,10-11,13H2,1-5H3/t14?,15-,16?,17+,20+,22-,25+/m1/s1. The molecule has 3 N–H and O–H groups in total. The highest BCUT2D eigenvalue weighted by Crippen LogP contribution is 2.48. The van der Waals surface area contributed by atoms with Gasteiger partial charge in [0.1, 0.15) is 18.0 Å². The van der Waals surface area contributed by atoms with E-state index in [4.69, 9.17) is 9.47 Å². The topological polar surface area (TPSA) is 113 Å². The quantitative estimate of drug-likeness (QED) is 0.530. The monoisotopic (exact) mass is 450 g/mol. The first-order chi connectivity index (χ1) is 14.8. The normalized spacial score (nSPS) is 37.7. The molecule has 2 unspecified atom stereocenters. The second kappa shape index (κ2) is 9.18. The first kappa shape index (κ1) is 24.8. The van der Waals surface area contributed by atoms with E-state index in [1.807, 2.05) is 27.7 Å². The molecule has 1 fully saturated rings. The molecule has 7 atom stereocenters. The summed E-state index contributed by atoms with van der Waals surface area (Å²) in [5, 5.41) is 31.5. The van der Waals surface area contributed by atoms with Crippen molar-refractivity contribution >= 4 is 11.9 Å². The number of hydrogen-bond acceptors (Lipinski definition) is 7. The zero-order valence-corrected chi connectivity index (χ0v) is 19.8. The van der Waals surface area contributed by atoms with Crippen molar-refractivity contribution < 1.29 is 34.4 Å². The number of aliphatic hydroxyl groups excluding tert-OH is 2. The summed E-state index contributed by atoms with van der Waals surface area (Å²) in [6.07, 6.45) is 4.43. The molecule has 0 saturated carbocycles. The van der Waals surface area contributed by atoms with Gasteiger partial charge >= 0.3 is 11.9 Å². The van der Waals surface area contributed by atoms with Gasteiger partial charge in [0.25, 0.3) is 0 Å². The molecule has 180 valence electrons. The van der Waals surface area contributed by atoms with Crippen molar-refractivity contribution in [2.45, 2.75) is 97.1 Å². The second-order valence-corrected chi connectivity index (χ2v) is 10.7. The Hall–Kier alpha value is -1.86. The lowest BCUT2D eigenvalue weighted by molar-refractivity contribution is -0.168. The van der Waals surface area contributed by atoms with Gasteiger partial charge in [0.05, 0.1) is 23.5 Å². The van der Waals surface area contributed by atoms with Crippen molar-refractivity contribution in [1.29, 1.82) is 0 Å². The van der Waals surface area contributed by atoms with Crippen LogP contribution < -0.4 is 0 Å². The maximum atomic E-state index is 12.9. The Morgan fingerprint density at radius 1 is 1.34 bits per heavy atom. The highest BCUT2D eigenvalue weighted by molar-refractivity contribution is 5.76. The average molecular weight is 451 g/mol. The Morgan fingerprint density at radius 3 is 2.66 bits per heavy atom. The van der Waals surface area contributed by atoms with E-state index in [0.29, 0.717) is 31.3 Å². The Morgan fingerprint density at radius 2 is 2.03 bits per heavy atom. The van der Waals surface area contributed by atoms with E-state index in [9.17, 15) is 24.9 Å². The number of fused-ring (bicyclic) bond motifs is 1. The average Bonchev–Trinajstić information content (AvgIpc) is 2.66. The third-order valence-corrected chi connectivity index (χ3v) is 7.45. The molecule has 7 nitrogen and oxygen atoms in total. The third kappa shape index (κ3) is 5.37. The number of rotatable bonds is 6. The number of allylic oxidation sites excluding steroid dienone is 2. The smallest absolute Gasteiger partial charge is 0.311 e.